The smallest absolute Gasteiger partial charge is 0.241 e. The molecule has 0 aliphatic heterocycles. The summed E-state index contributed by atoms with van der Waals surface area (Å²) in [6, 6.07) is 0. The first-order valence-electron chi connectivity index (χ1n) is 6.55. The fraction of sp³-hybridized carbons (Fsp3) is 1.00. The van der Waals surface area contributed by atoms with Crippen molar-refractivity contribution in [1.82, 2.24) is 0 Å². The van der Waals surface area contributed by atoms with E-state index in [0.717, 1.165) is 0 Å². The molecule has 0 aromatic rings. The third-order valence-corrected chi connectivity index (χ3v) is 4.16. The summed E-state index contributed by atoms with van der Waals surface area (Å²) >= 11 is -0.313. The van der Waals surface area contributed by atoms with E-state index >= 15 is 0 Å². The van der Waals surface area contributed by atoms with Gasteiger partial charge in [-0.25, -0.2) is 30.7 Å². The predicted octanol–water partition coefficient (Wildman–Crippen LogP) is 6.51. The second kappa shape index (κ2) is 8.58. The lowest BCUT2D eigenvalue weighted by atomic mass is 9.90. The number of halogens is 18. The van der Waals surface area contributed by atoms with E-state index in [1.807, 2.05) is 0 Å². The van der Waals surface area contributed by atoms with Crippen molar-refractivity contribution in [3.05, 3.63) is 0 Å². The van der Waals surface area contributed by atoms with Gasteiger partial charge in [0.05, 0.1) is 0 Å². The van der Waals surface area contributed by atoms with E-state index in [9.17, 15) is 74.6 Å². The van der Waals surface area contributed by atoms with Crippen molar-refractivity contribution in [2.75, 3.05) is 0 Å². The van der Waals surface area contributed by atoms with Crippen LogP contribution in [0.4, 0.5) is 74.6 Å². The van der Waals surface area contributed by atoms with E-state index in [-0.39, 0.29) is 22.6 Å². The first-order valence-corrected chi connectivity index (χ1v) is 7.79. The van der Waals surface area contributed by atoms with E-state index in [2.05, 4.69) is 0 Å². The molecule has 0 N–H and O–H groups in total. The lowest BCUT2D eigenvalue weighted by Gasteiger charge is -2.40. The largest absolute Gasteiger partial charge is 0.384 e. The third kappa shape index (κ3) is 4.45. The maximum atomic E-state index is 13.3. The molecule has 0 rings (SSSR count). The minimum absolute atomic E-state index is 0.313. The molecule has 0 nitrogen and oxygen atoms in total. The zero-order valence-corrected chi connectivity index (χ0v) is 14.9. The Labute approximate surface area is 162 Å². The van der Waals surface area contributed by atoms with Crippen molar-refractivity contribution >= 4 is 22.6 Å². The Kier molecular flexibility index (Phi) is 8.45. The van der Waals surface area contributed by atoms with Crippen LogP contribution in [0, 0.1) is 0 Å². The average molecular weight is 588 g/mol. The summed E-state index contributed by atoms with van der Waals surface area (Å²) in [4.78, 5) is 0. The molecule has 0 saturated carbocycles. The van der Waals surface area contributed by atoms with Crippen molar-refractivity contribution in [3.63, 3.8) is 0 Å². The van der Waals surface area contributed by atoms with E-state index in [1.54, 1.807) is 0 Å². The van der Waals surface area contributed by atoms with Crippen LogP contribution < -0.4 is 0 Å². The van der Waals surface area contributed by atoms with Gasteiger partial charge in [-0.05, 0) is 22.6 Å². The SMILES string of the molecule is FC(F)C(F)C(F)C(F)C(F)C(F)(F)C(F)(F)C(F)(F)C(F)(F)C(F)(F)C(F)I. The molecule has 0 radical (unpaired) electrons. The maximum Gasteiger partial charge on any atom is 0.384 e. The number of alkyl halides is 18. The first-order chi connectivity index (χ1) is 12.5. The Hall–Kier alpha value is -0.460. The Bertz CT molecular complexity index is 545. The Morgan fingerprint density at radius 3 is 1.10 bits per heavy atom. The van der Waals surface area contributed by atoms with Gasteiger partial charge in [0.25, 0.3) is 6.43 Å². The first kappa shape index (κ1) is 28.5. The van der Waals surface area contributed by atoms with Crippen molar-refractivity contribution in [2.24, 2.45) is 0 Å². The number of rotatable bonds is 10. The van der Waals surface area contributed by atoms with E-state index in [1.165, 1.54) is 0 Å². The minimum atomic E-state index is -8.00. The van der Waals surface area contributed by atoms with Crippen LogP contribution in [0.3, 0.4) is 0 Å². The van der Waals surface area contributed by atoms with Gasteiger partial charge in [0.1, 0.15) is 0 Å². The molecule has 0 aromatic carbocycles. The van der Waals surface area contributed by atoms with Gasteiger partial charge in [-0.2, -0.15) is 43.9 Å². The summed E-state index contributed by atoms with van der Waals surface area (Å²) in [6.45, 7) is 0. The molecule has 0 saturated heterocycles. The van der Waals surface area contributed by atoms with Crippen LogP contribution >= 0.6 is 22.6 Å². The molecule has 0 aromatic heterocycles. The molecular weight excluding hydrogens is 582 g/mol. The summed E-state index contributed by atoms with van der Waals surface area (Å²) in [5.41, 5.74) is 0. The van der Waals surface area contributed by atoms with Crippen LogP contribution in [0.25, 0.3) is 0 Å². The fourth-order valence-electron chi connectivity index (χ4n) is 1.60. The summed E-state index contributed by atoms with van der Waals surface area (Å²) in [7, 11) is 0. The van der Waals surface area contributed by atoms with Crippen LogP contribution in [0.5, 0.6) is 0 Å². The van der Waals surface area contributed by atoms with Gasteiger partial charge >= 0.3 is 29.6 Å². The molecule has 29 heavy (non-hydrogen) atoms. The summed E-state index contributed by atoms with van der Waals surface area (Å²) in [5.74, 6) is -37.9. The number of hydrogen-bond donors (Lipinski definition) is 0. The zero-order chi connectivity index (χ0) is 24.0. The highest BCUT2D eigenvalue weighted by Gasteiger charge is 2.88. The quantitative estimate of drug-likeness (QED) is 0.155. The Morgan fingerprint density at radius 2 is 0.793 bits per heavy atom. The normalized spacial score (nSPS) is 20.4. The van der Waals surface area contributed by atoms with Crippen molar-refractivity contribution in [1.29, 1.82) is 0 Å². The third-order valence-electron chi connectivity index (χ3n) is 3.38. The van der Waals surface area contributed by atoms with Gasteiger partial charge in [-0.1, -0.05) is 0 Å². The van der Waals surface area contributed by atoms with Gasteiger partial charge in [0.2, 0.25) is 10.4 Å². The molecule has 0 heterocycles. The highest BCUT2D eigenvalue weighted by atomic mass is 127. The van der Waals surface area contributed by atoms with Gasteiger partial charge in [0, 0.05) is 0 Å². The molecule has 0 fully saturated rings. The Balaban J connectivity index is 6.19. The standard InChI is InChI=1S/C11H6F17I/c12-1(3(14)5(16)17)2(13)4(15)7(19,20)9(23,24)11(27,28)10(25,26)8(21,22)6(18)29/h1-6H. The van der Waals surface area contributed by atoms with Crippen LogP contribution in [-0.2, 0) is 0 Å². The van der Waals surface area contributed by atoms with Crippen LogP contribution in [-0.4, -0.2) is 64.9 Å². The molecule has 0 aliphatic rings. The molecule has 0 bridgehead atoms. The molecule has 18 heteroatoms. The van der Waals surface area contributed by atoms with Crippen molar-refractivity contribution in [3.8, 4) is 0 Å². The monoisotopic (exact) mass is 588 g/mol. The van der Waals surface area contributed by atoms with E-state index < -0.39 is 64.9 Å². The highest BCUT2D eigenvalue weighted by Crippen LogP contribution is 2.59. The Morgan fingerprint density at radius 1 is 0.448 bits per heavy atom. The van der Waals surface area contributed by atoms with Crippen LogP contribution in [0.2, 0.25) is 0 Å². The average Bonchev–Trinajstić information content (AvgIpc) is 2.57. The van der Waals surface area contributed by atoms with E-state index in [4.69, 9.17) is 0 Å². The summed E-state index contributed by atoms with van der Waals surface area (Å²) < 4.78 is 215. The summed E-state index contributed by atoms with van der Waals surface area (Å²) in [5, 5.41) is 0. The van der Waals surface area contributed by atoms with Gasteiger partial charge in [-0.15, -0.1) is 0 Å². The molecular formula is C11H6F17I. The molecule has 176 valence electrons. The molecule has 0 aliphatic carbocycles. The van der Waals surface area contributed by atoms with Crippen molar-refractivity contribution < 1.29 is 74.6 Å². The van der Waals surface area contributed by atoms with Crippen LogP contribution in [0.15, 0.2) is 0 Å². The second-order valence-electron chi connectivity index (χ2n) is 5.34. The topological polar surface area (TPSA) is 0 Å². The fourth-order valence-corrected chi connectivity index (χ4v) is 1.99. The summed E-state index contributed by atoms with van der Waals surface area (Å²) in [6.07, 6.45) is -24.4. The van der Waals surface area contributed by atoms with Gasteiger partial charge in [0.15, 0.2) is 18.5 Å². The molecule has 5 unspecified atom stereocenters. The zero-order valence-electron chi connectivity index (χ0n) is 12.8. The highest BCUT2D eigenvalue weighted by molar-refractivity contribution is 14.1. The molecule has 5 atom stereocenters. The van der Waals surface area contributed by atoms with E-state index in [0.29, 0.717) is 0 Å². The molecule has 0 amide bonds. The maximum absolute atomic E-state index is 13.3. The van der Waals surface area contributed by atoms with Crippen molar-refractivity contribution in [2.45, 2.75) is 64.9 Å². The van der Waals surface area contributed by atoms with Gasteiger partial charge < -0.3 is 0 Å². The van der Waals surface area contributed by atoms with Crippen LogP contribution in [0.1, 0.15) is 0 Å². The van der Waals surface area contributed by atoms with Gasteiger partial charge in [-0.3, -0.25) is 0 Å². The predicted molar refractivity (Wildman–Crippen MR) is 69.2 cm³/mol. The minimum Gasteiger partial charge on any atom is -0.241 e. The second-order valence-corrected chi connectivity index (χ2v) is 6.43. The molecule has 0 spiro atoms. The lowest BCUT2D eigenvalue weighted by molar-refractivity contribution is -0.411. The number of hydrogen-bond acceptors (Lipinski definition) is 0. The lowest BCUT2D eigenvalue weighted by Crippen LogP contribution is -2.71.